The molecule has 0 saturated heterocycles. The third kappa shape index (κ3) is 4.63. The molecule has 1 fully saturated rings. The highest BCUT2D eigenvalue weighted by atomic mass is 16.7. The first-order valence-corrected chi connectivity index (χ1v) is 13.4. The summed E-state index contributed by atoms with van der Waals surface area (Å²) < 4.78 is 22.7. The molecular formula is C29H32N2O9. The molecular weight excluding hydrogens is 520 g/mol. The number of nitrogens with zero attached hydrogens (tertiary/aromatic N) is 1. The van der Waals surface area contributed by atoms with Crippen LogP contribution in [0.25, 0.3) is 0 Å². The van der Waals surface area contributed by atoms with Crippen molar-refractivity contribution in [3.8, 4) is 23.0 Å². The van der Waals surface area contributed by atoms with Gasteiger partial charge in [0.2, 0.25) is 18.6 Å². The summed E-state index contributed by atoms with van der Waals surface area (Å²) in [6.07, 6.45) is 1.10. The van der Waals surface area contributed by atoms with E-state index in [0.717, 1.165) is 18.4 Å². The summed E-state index contributed by atoms with van der Waals surface area (Å²) in [6.45, 7) is -0.150. The van der Waals surface area contributed by atoms with Gasteiger partial charge in [-0.3, -0.25) is 9.59 Å². The van der Waals surface area contributed by atoms with Crippen LogP contribution in [-0.2, 0) is 22.7 Å². The Hall–Kier alpha value is -3.80. The monoisotopic (exact) mass is 552 g/mol. The molecule has 212 valence electrons. The number of hydrogen-bond acceptors (Lipinski definition) is 9. The molecule has 4 unspecified atom stereocenters. The van der Waals surface area contributed by atoms with E-state index in [4.69, 9.17) is 18.9 Å². The maximum Gasteiger partial charge on any atom is 0.247 e. The molecule has 1 saturated carbocycles. The van der Waals surface area contributed by atoms with Gasteiger partial charge in [-0.05, 0) is 54.3 Å². The van der Waals surface area contributed by atoms with Gasteiger partial charge in [-0.2, -0.15) is 0 Å². The Bertz CT molecular complexity index is 1360. The molecule has 4 aliphatic rings. The fraction of sp³-hybridized carbons (Fsp3) is 0.448. The van der Waals surface area contributed by atoms with Gasteiger partial charge in [0.15, 0.2) is 23.0 Å². The van der Waals surface area contributed by atoms with Crippen LogP contribution < -0.4 is 24.3 Å². The lowest BCUT2D eigenvalue weighted by atomic mass is 9.77. The van der Waals surface area contributed by atoms with Crippen molar-refractivity contribution in [3.05, 3.63) is 58.7 Å². The summed E-state index contributed by atoms with van der Waals surface area (Å²) in [5.74, 6) is 0.598. The molecule has 4 atom stereocenters. The van der Waals surface area contributed by atoms with E-state index >= 15 is 0 Å². The van der Waals surface area contributed by atoms with E-state index in [1.165, 1.54) is 7.11 Å². The van der Waals surface area contributed by atoms with E-state index in [0.29, 0.717) is 39.7 Å². The van der Waals surface area contributed by atoms with Crippen molar-refractivity contribution < 1.29 is 43.9 Å². The first-order valence-electron chi connectivity index (χ1n) is 13.4. The number of aliphatic hydroxyl groups is 3. The molecule has 2 aromatic carbocycles. The minimum atomic E-state index is -1.18. The van der Waals surface area contributed by atoms with Crippen molar-refractivity contribution in [2.75, 3.05) is 27.1 Å². The molecule has 0 spiro atoms. The first-order chi connectivity index (χ1) is 19.4. The zero-order chi connectivity index (χ0) is 28.0. The van der Waals surface area contributed by atoms with Crippen LogP contribution in [0.2, 0.25) is 0 Å². The summed E-state index contributed by atoms with van der Waals surface area (Å²) in [4.78, 5) is 28.7. The molecule has 0 bridgehead atoms. The van der Waals surface area contributed by atoms with Gasteiger partial charge in [-0.25, -0.2) is 0 Å². The maximum absolute atomic E-state index is 13.6. The Morgan fingerprint density at radius 2 is 1.90 bits per heavy atom. The highest BCUT2D eigenvalue weighted by molar-refractivity contribution is 5.96. The van der Waals surface area contributed by atoms with Crippen LogP contribution >= 0.6 is 0 Å². The van der Waals surface area contributed by atoms with Gasteiger partial charge >= 0.3 is 0 Å². The lowest BCUT2D eigenvalue weighted by Crippen LogP contribution is -2.55. The van der Waals surface area contributed by atoms with Crippen LogP contribution in [0.4, 0.5) is 0 Å². The Kier molecular flexibility index (Phi) is 7.03. The van der Waals surface area contributed by atoms with E-state index in [1.54, 1.807) is 29.2 Å². The second-order valence-electron chi connectivity index (χ2n) is 10.4. The van der Waals surface area contributed by atoms with Gasteiger partial charge in [0.05, 0.1) is 32.3 Å². The van der Waals surface area contributed by atoms with Crippen molar-refractivity contribution >= 4 is 11.8 Å². The number of carbonyl (C=O) groups excluding carboxylic acids is 2. The summed E-state index contributed by atoms with van der Waals surface area (Å²) in [5.41, 5.74) is 2.27. The molecule has 2 amide bonds. The normalized spacial score (nSPS) is 23.9. The summed E-state index contributed by atoms with van der Waals surface area (Å²) in [5, 5.41) is 33.6. The van der Waals surface area contributed by atoms with Crippen LogP contribution in [0.5, 0.6) is 23.0 Å². The number of carbonyl (C=O) groups is 2. The number of benzene rings is 2. The van der Waals surface area contributed by atoms with Crippen molar-refractivity contribution in [2.24, 2.45) is 5.92 Å². The van der Waals surface area contributed by atoms with E-state index in [9.17, 15) is 24.9 Å². The number of hydrogen-bond donors (Lipinski definition) is 4. The minimum absolute atomic E-state index is 0.0381. The average molecular weight is 553 g/mol. The van der Waals surface area contributed by atoms with Crippen molar-refractivity contribution in [2.45, 2.75) is 50.2 Å². The number of rotatable bonds is 9. The quantitative estimate of drug-likeness (QED) is 0.357. The predicted octanol–water partition coefficient (Wildman–Crippen LogP) is 0.978. The van der Waals surface area contributed by atoms with Gasteiger partial charge in [0, 0.05) is 30.1 Å². The van der Waals surface area contributed by atoms with E-state index < -0.39 is 30.1 Å². The van der Waals surface area contributed by atoms with Crippen molar-refractivity contribution in [1.82, 2.24) is 10.2 Å². The van der Waals surface area contributed by atoms with Gasteiger partial charge in [0.1, 0.15) is 12.2 Å². The van der Waals surface area contributed by atoms with Crippen molar-refractivity contribution in [3.63, 3.8) is 0 Å². The minimum Gasteiger partial charge on any atom is -0.493 e. The molecule has 2 aliphatic carbocycles. The third-order valence-corrected chi connectivity index (χ3v) is 7.85. The molecule has 2 aromatic rings. The molecule has 2 heterocycles. The molecule has 4 N–H and O–H groups in total. The second kappa shape index (κ2) is 10.6. The third-order valence-electron chi connectivity index (χ3n) is 7.85. The molecule has 40 heavy (non-hydrogen) atoms. The second-order valence-corrected chi connectivity index (χ2v) is 10.4. The Balaban J connectivity index is 1.41. The zero-order valence-corrected chi connectivity index (χ0v) is 22.0. The van der Waals surface area contributed by atoms with Gasteiger partial charge < -0.3 is 44.5 Å². The van der Waals surface area contributed by atoms with Crippen molar-refractivity contribution in [1.29, 1.82) is 0 Å². The largest absolute Gasteiger partial charge is 0.493 e. The Morgan fingerprint density at radius 1 is 1.10 bits per heavy atom. The standard InChI is InChI=1S/C29H32N2O9/c1-37-23-10-16(13-33)8-18-24-19(28(35)30-6-7-32)11-20(25(34)27(24)40-26(18)23)31(29(36)17-3-4-17)12-15-2-5-21-22(9-15)39-14-38-21/h2,5,8-11,17,20,24-25,27,32-34H,3-4,6-7,12-14H2,1H3,(H,30,35). The first kappa shape index (κ1) is 26.4. The Morgan fingerprint density at radius 3 is 2.62 bits per heavy atom. The van der Waals surface area contributed by atoms with E-state index in [-0.39, 0.29) is 44.9 Å². The number of methoxy groups -OCH3 is 1. The summed E-state index contributed by atoms with van der Waals surface area (Å²) >= 11 is 0. The number of fused-ring (bicyclic) bond motifs is 4. The molecule has 0 aromatic heterocycles. The fourth-order valence-corrected chi connectivity index (χ4v) is 5.75. The molecule has 6 rings (SSSR count). The number of amides is 2. The summed E-state index contributed by atoms with van der Waals surface area (Å²) in [6, 6.07) is 7.97. The lowest BCUT2D eigenvalue weighted by Gasteiger charge is -2.41. The van der Waals surface area contributed by atoms with Gasteiger partial charge in [-0.15, -0.1) is 0 Å². The zero-order valence-electron chi connectivity index (χ0n) is 22.0. The van der Waals surface area contributed by atoms with Crippen LogP contribution in [-0.4, -0.2) is 77.3 Å². The maximum atomic E-state index is 13.6. The number of ether oxygens (including phenoxy) is 4. The van der Waals surface area contributed by atoms with E-state index in [2.05, 4.69) is 5.32 Å². The predicted molar refractivity (Wildman–Crippen MR) is 140 cm³/mol. The van der Waals surface area contributed by atoms with Gasteiger partial charge in [0.25, 0.3) is 0 Å². The highest BCUT2D eigenvalue weighted by Gasteiger charge is 2.52. The van der Waals surface area contributed by atoms with E-state index in [1.807, 2.05) is 12.1 Å². The highest BCUT2D eigenvalue weighted by Crippen LogP contribution is 2.52. The lowest BCUT2D eigenvalue weighted by molar-refractivity contribution is -0.139. The summed E-state index contributed by atoms with van der Waals surface area (Å²) in [7, 11) is 1.48. The smallest absolute Gasteiger partial charge is 0.247 e. The molecule has 2 aliphatic heterocycles. The van der Waals surface area contributed by atoms with Crippen LogP contribution in [0.15, 0.2) is 42.0 Å². The Labute approximate surface area is 230 Å². The van der Waals surface area contributed by atoms with Gasteiger partial charge in [-0.1, -0.05) is 6.07 Å². The molecule has 11 heteroatoms. The number of nitrogens with one attached hydrogen (secondary N) is 1. The molecule has 0 radical (unpaired) electrons. The number of aliphatic hydroxyl groups excluding tert-OH is 3. The van der Waals surface area contributed by atoms with Crippen LogP contribution in [0, 0.1) is 5.92 Å². The molecule has 11 nitrogen and oxygen atoms in total. The fourth-order valence-electron chi connectivity index (χ4n) is 5.75. The SMILES string of the molecule is COc1cc(CO)cc2c1OC1C2C(C(=O)NCCO)=CC(N(Cc2ccc3c(c2)OCO3)C(=O)C2CC2)C1O. The topological polar surface area (TPSA) is 147 Å². The van der Waals surface area contributed by atoms with Crippen LogP contribution in [0.1, 0.15) is 35.4 Å². The average Bonchev–Trinajstić information content (AvgIpc) is 3.59. The van der Waals surface area contributed by atoms with Crippen LogP contribution in [0.3, 0.4) is 0 Å².